The first-order chi connectivity index (χ1) is 5.63. The Morgan fingerprint density at radius 1 is 1.33 bits per heavy atom. The van der Waals surface area contributed by atoms with Crippen molar-refractivity contribution in [2.24, 2.45) is 0 Å². The van der Waals surface area contributed by atoms with Crippen LogP contribution < -0.4 is 0 Å². The van der Waals surface area contributed by atoms with Crippen LogP contribution in [0.25, 0.3) is 0 Å². The van der Waals surface area contributed by atoms with Gasteiger partial charge in [-0.25, -0.2) is 4.79 Å². The maximum atomic E-state index is 10.4. The summed E-state index contributed by atoms with van der Waals surface area (Å²) >= 11 is 0. The van der Waals surface area contributed by atoms with Gasteiger partial charge in [-0.05, 0) is 12.8 Å². The van der Waals surface area contributed by atoms with Gasteiger partial charge in [-0.1, -0.05) is 13.8 Å². The van der Waals surface area contributed by atoms with Crippen molar-refractivity contribution in [3.63, 3.8) is 0 Å². The fraction of sp³-hybridized carbons (Fsp3) is 0.750. The lowest BCUT2D eigenvalue weighted by Crippen LogP contribution is -2.36. The minimum atomic E-state index is -1.14. The van der Waals surface area contributed by atoms with E-state index in [1.807, 2.05) is 13.8 Å². The highest BCUT2D eigenvalue weighted by molar-refractivity contribution is 6.32. The first-order valence-corrected chi connectivity index (χ1v) is 4.20. The van der Waals surface area contributed by atoms with Crippen molar-refractivity contribution in [2.45, 2.75) is 26.7 Å². The average molecular weight is 172 g/mol. The molecule has 70 valence electrons. The van der Waals surface area contributed by atoms with Crippen LogP contribution in [0.4, 0.5) is 0 Å². The molecule has 0 spiro atoms. The molecule has 0 fully saturated rings. The first kappa shape index (κ1) is 10.9. The SMILES string of the molecule is CCCN(CCC)C(=N)C(=O)O. The van der Waals surface area contributed by atoms with Gasteiger partial charge in [-0.15, -0.1) is 0 Å². The Morgan fingerprint density at radius 2 is 1.75 bits per heavy atom. The maximum absolute atomic E-state index is 10.4. The van der Waals surface area contributed by atoms with Crippen LogP contribution in [0.2, 0.25) is 0 Å². The predicted octanol–water partition coefficient (Wildman–Crippen LogP) is 1.17. The molecule has 12 heavy (non-hydrogen) atoms. The van der Waals surface area contributed by atoms with Crippen LogP contribution in [-0.4, -0.2) is 34.9 Å². The highest BCUT2D eigenvalue weighted by Gasteiger charge is 2.14. The summed E-state index contributed by atoms with van der Waals surface area (Å²) in [4.78, 5) is 12.0. The van der Waals surface area contributed by atoms with E-state index in [2.05, 4.69) is 0 Å². The molecule has 0 saturated heterocycles. The zero-order chi connectivity index (χ0) is 9.56. The molecule has 0 aromatic rings. The lowest BCUT2D eigenvalue weighted by molar-refractivity contribution is -0.130. The van der Waals surface area contributed by atoms with Gasteiger partial charge in [0.1, 0.15) is 0 Å². The number of aliphatic carboxylic acids is 1. The molecular weight excluding hydrogens is 156 g/mol. The summed E-state index contributed by atoms with van der Waals surface area (Å²) in [6.45, 7) is 5.24. The summed E-state index contributed by atoms with van der Waals surface area (Å²) in [5.74, 6) is -1.43. The van der Waals surface area contributed by atoms with E-state index in [9.17, 15) is 4.79 Å². The fourth-order valence-electron chi connectivity index (χ4n) is 1.01. The molecule has 0 saturated carbocycles. The first-order valence-electron chi connectivity index (χ1n) is 4.20. The smallest absolute Gasteiger partial charge is 0.371 e. The summed E-state index contributed by atoms with van der Waals surface area (Å²) in [6, 6.07) is 0. The quantitative estimate of drug-likeness (QED) is 0.494. The zero-order valence-corrected chi connectivity index (χ0v) is 7.63. The van der Waals surface area contributed by atoms with Crippen LogP contribution in [0.3, 0.4) is 0 Å². The summed E-state index contributed by atoms with van der Waals surface area (Å²) in [7, 11) is 0. The van der Waals surface area contributed by atoms with Crippen LogP contribution in [0.5, 0.6) is 0 Å². The van der Waals surface area contributed by atoms with Crippen LogP contribution in [0.15, 0.2) is 0 Å². The van der Waals surface area contributed by atoms with Crippen LogP contribution in [0.1, 0.15) is 26.7 Å². The summed E-state index contributed by atoms with van der Waals surface area (Å²) < 4.78 is 0. The third-order valence-electron chi connectivity index (χ3n) is 1.51. The Hall–Kier alpha value is -1.06. The Labute approximate surface area is 72.7 Å². The number of amidine groups is 1. The molecule has 2 N–H and O–H groups in total. The van der Waals surface area contributed by atoms with Crippen LogP contribution >= 0.6 is 0 Å². The standard InChI is InChI=1S/C8H16N2O2/c1-3-5-10(6-4-2)7(9)8(11)12/h9H,3-6H2,1-2H3,(H,11,12). The Balaban J connectivity index is 4.08. The van der Waals surface area contributed by atoms with Crippen molar-refractivity contribution in [3.8, 4) is 0 Å². The third kappa shape index (κ3) is 3.37. The molecule has 4 heteroatoms. The zero-order valence-electron chi connectivity index (χ0n) is 7.63. The number of rotatable bonds is 4. The molecular formula is C8H16N2O2. The lowest BCUT2D eigenvalue weighted by Gasteiger charge is -2.20. The number of nitrogens with one attached hydrogen (secondary N) is 1. The normalized spacial score (nSPS) is 9.50. The van der Waals surface area contributed by atoms with Crippen LogP contribution in [-0.2, 0) is 4.79 Å². The van der Waals surface area contributed by atoms with E-state index in [1.165, 1.54) is 0 Å². The number of carboxylic acids is 1. The predicted molar refractivity (Wildman–Crippen MR) is 47.5 cm³/mol. The van der Waals surface area contributed by atoms with Gasteiger partial charge in [-0.3, -0.25) is 5.41 Å². The summed E-state index contributed by atoms with van der Waals surface area (Å²) in [6.07, 6.45) is 1.74. The maximum Gasteiger partial charge on any atom is 0.371 e. The van der Waals surface area contributed by atoms with Gasteiger partial charge in [0.15, 0.2) is 0 Å². The van der Waals surface area contributed by atoms with E-state index in [1.54, 1.807) is 4.90 Å². The van der Waals surface area contributed by atoms with E-state index in [-0.39, 0.29) is 5.84 Å². The molecule has 0 heterocycles. The molecule has 0 aromatic heterocycles. The van der Waals surface area contributed by atoms with Crippen molar-refractivity contribution in [1.29, 1.82) is 5.41 Å². The molecule has 0 radical (unpaired) electrons. The number of carboxylic acid groups (broad SMARTS) is 1. The van der Waals surface area contributed by atoms with Crippen molar-refractivity contribution in [3.05, 3.63) is 0 Å². The van der Waals surface area contributed by atoms with Gasteiger partial charge in [0.2, 0.25) is 5.84 Å². The molecule has 0 rings (SSSR count). The minimum Gasteiger partial charge on any atom is -0.475 e. The van der Waals surface area contributed by atoms with Gasteiger partial charge in [0.05, 0.1) is 0 Å². The largest absolute Gasteiger partial charge is 0.475 e. The average Bonchev–Trinajstić information content (AvgIpc) is 2.03. The number of hydrogen-bond donors (Lipinski definition) is 2. The number of hydrogen-bond acceptors (Lipinski definition) is 2. The summed E-state index contributed by atoms with van der Waals surface area (Å²) in [5, 5.41) is 15.8. The summed E-state index contributed by atoms with van der Waals surface area (Å²) in [5.41, 5.74) is 0. The minimum absolute atomic E-state index is 0.293. The Kier molecular flexibility index (Phi) is 5.08. The van der Waals surface area contributed by atoms with Crippen molar-refractivity contribution in [1.82, 2.24) is 4.90 Å². The highest BCUT2D eigenvalue weighted by atomic mass is 16.4. The van der Waals surface area contributed by atoms with Gasteiger partial charge in [0.25, 0.3) is 0 Å². The van der Waals surface area contributed by atoms with Gasteiger partial charge in [-0.2, -0.15) is 0 Å². The molecule has 0 bridgehead atoms. The molecule has 0 amide bonds. The lowest BCUT2D eigenvalue weighted by atomic mass is 10.3. The molecule has 0 aliphatic heterocycles. The number of nitrogens with zero attached hydrogens (tertiary/aromatic N) is 1. The molecule has 0 aliphatic carbocycles. The van der Waals surface area contributed by atoms with Crippen LogP contribution in [0, 0.1) is 5.41 Å². The van der Waals surface area contributed by atoms with Gasteiger partial charge < -0.3 is 10.0 Å². The molecule has 0 atom stereocenters. The molecule has 0 aliphatic rings. The van der Waals surface area contributed by atoms with Gasteiger partial charge >= 0.3 is 5.97 Å². The Bertz CT molecular complexity index is 162. The van der Waals surface area contributed by atoms with E-state index in [4.69, 9.17) is 10.5 Å². The van der Waals surface area contributed by atoms with E-state index < -0.39 is 5.97 Å². The molecule has 0 unspecified atom stereocenters. The topological polar surface area (TPSA) is 64.4 Å². The number of carbonyl (C=O) groups is 1. The third-order valence-corrected chi connectivity index (χ3v) is 1.51. The second-order valence-corrected chi connectivity index (χ2v) is 2.64. The van der Waals surface area contributed by atoms with Crippen molar-refractivity contribution >= 4 is 11.8 Å². The van der Waals surface area contributed by atoms with E-state index >= 15 is 0 Å². The van der Waals surface area contributed by atoms with Crippen molar-refractivity contribution < 1.29 is 9.90 Å². The second-order valence-electron chi connectivity index (χ2n) is 2.64. The van der Waals surface area contributed by atoms with E-state index in [0.29, 0.717) is 13.1 Å². The monoisotopic (exact) mass is 172 g/mol. The van der Waals surface area contributed by atoms with Gasteiger partial charge in [0, 0.05) is 13.1 Å². The van der Waals surface area contributed by atoms with Crippen molar-refractivity contribution in [2.75, 3.05) is 13.1 Å². The Morgan fingerprint density at radius 3 is 2.00 bits per heavy atom. The highest BCUT2D eigenvalue weighted by Crippen LogP contribution is 1.95. The second kappa shape index (κ2) is 5.57. The fourth-order valence-corrected chi connectivity index (χ4v) is 1.01. The van der Waals surface area contributed by atoms with E-state index in [0.717, 1.165) is 12.8 Å². The molecule has 0 aromatic carbocycles. The molecule has 4 nitrogen and oxygen atoms in total.